The normalized spacial score (nSPS) is 13.1. The van der Waals surface area contributed by atoms with Crippen LogP contribution in [0.25, 0.3) is 0 Å². The van der Waals surface area contributed by atoms with Gasteiger partial charge in [-0.3, -0.25) is 0 Å². The first-order chi connectivity index (χ1) is 4.70. The summed E-state index contributed by atoms with van der Waals surface area (Å²) in [6.45, 7) is 0. The summed E-state index contributed by atoms with van der Waals surface area (Å²) < 4.78 is 12.4. The number of hydrogen-bond donors (Lipinski definition) is 0. The molecule has 0 aliphatic rings. The highest BCUT2D eigenvalue weighted by Gasteiger charge is 2.01. The highest BCUT2D eigenvalue weighted by molar-refractivity contribution is 9.09. The molecule has 1 unspecified atom stereocenters. The van der Waals surface area contributed by atoms with Gasteiger partial charge in [-0.25, -0.2) is 4.39 Å². The standard InChI is InChI=1S/C7H5BrClF/c8-7(10)5-1-3-6(9)4-2-5/h1-4,7H. The Balaban J connectivity index is 2.89. The van der Waals surface area contributed by atoms with Gasteiger partial charge in [0.25, 0.3) is 0 Å². The third kappa shape index (κ3) is 1.96. The van der Waals surface area contributed by atoms with Gasteiger partial charge < -0.3 is 0 Å². The van der Waals surface area contributed by atoms with Gasteiger partial charge in [0.2, 0.25) is 0 Å². The number of alkyl halides is 2. The molecule has 10 heavy (non-hydrogen) atoms. The van der Waals surface area contributed by atoms with Crippen LogP contribution in [-0.4, -0.2) is 0 Å². The molecule has 0 aliphatic heterocycles. The fourth-order valence-corrected chi connectivity index (χ4v) is 1.04. The summed E-state index contributed by atoms with van der Waals surface area (Å²) in [4.78, 5) is 0. The Morgan fingerprint density at radius 2 is 1.80 bits per heavy atom. The molecule has 0 radical (unpaired) electrons. The van der Waals surface area contributed by atoms with Crippen molar-refractivity contribution in [3.63, 3.8) is 0 Å². The topological polar surface area (TPSA) is 0 Å². The summed E-state index contributed by atoms with van der Waals surface area (Å²) in [6.07, 6.45) is 0. The molecule has 0 saturated heterocycles. The quantitative estimate of drug-likeness (QED) is 0.637. The molecule has 0 heterocycles. The van der Waals surface area contributed by atoms with E-state index < -0.39 is 5.08 Å². The molecule has 1 aromatic rings. The van der Waals surface area contributed by atoms with Gasteiger partial charge >= 0.3 is 0 Å². The van der Waals surface area contributed by atoms with Gasteiger partial charge in [0.05, 0.1) is 0 Å². The van der Waals surface area contributed by atoms with Crippen molar-refractivity contribution in [2.75, 3.05) is 0 Å². The smallest absolute Gasteiger partial charge is 0.180 e. The number of benzene rings is 1. The van der Waals surface area contributed by atoms with Crippen LogP contribution in [0.3, 0.4) is 0 Å². The third-order valence-corrected chi connectivity index (χ3v) is 1.90. The molecule has 0 nitrogen and oxygen atoms in total. The average molecular weight is 223 g/mol. The van der Waals surface area contributed by atoms with Crippen LogP contribution in [0.4, 0.5) is 4.39 Å². The van der Waals surface area contributed by atoms with Crippen molar-refractivity contribution in [2.24, 2.45) is 0 Å². The summed E-state index contributed by atoms with van der Waals surface area (Å²) in [5, 5.41) is -0.471. The van der Waals surface area contributed by atoms with Crippen LogP contribution in [0, 0.1) is 0 Å². The minimum absolute atomic E-state index is 0.587. The van der Waals surface area contributed by atoms with Crippen LogP contribution in [-0.2, 0) is 0 Å². The monoisotopic (exact) mass is 222 g/mol. The van der Waals surface area contributed by atoms with Crippen molar-refractivity contribution in [1.29, 1.82) is 0 Å². The van der Waals surface area contributed by atoms with E-state index in [0.29, 0.717) is 10.6 Å². The fraction of sp³-hybridized carbons (Fsp3) is 0.143. The first-order valence-corrected chi connectivity index (χ1v) is 4.03. The Morgan fingerprint density at radius 3 is 2.20 bits per heavy atom. The Hall–Kier alpha value is -0.0800. The van der Waals surface area contributed by atoms with Gasteiger partial charge in [0.15, 0.2) is 5.08 Å². The van der Waals surface area contributed by atoms with Crippen LogP contribution in [0.15, 0.2) is 24.3 Å². The average Bonchev–Trinajstić information content (AvgIpc) is 1.88. The Kier molecular flexibility index (Phi) is 2.69. The van der Waals surface area contributed by atoms with Crippen molar-refractivity contribution < 1.29 is 4.39 Å². The van der Waals surface area contributed by atoms with Crippen LogP contribution in [0.5, 0.6) is 0 Å². The lowest BCUT2D eigenvalue weighted by Gasteiger charge is -1.98. The van der Waals surface area contributed by atoms with Crippen LogP contribution in [0.1, 0.15) is 10.6 Å². The Labute approximate surface area is 72.1 Å². The molecule has 0 aliphatic carbocycles. The molecule has 0 aromatic heterocycles. The summed E-state index contributed by atoms with van der Waals surface area (Å²) >= 11 is 8.38. The zero-order chi connectivity index (χ0) is 7.56. The molecule has 1 atom stereocenters. The lowest BCUT2D eigenvalue weighted by molar-refractivity contribution is 0.479. The van der Waals surface area contributed by atoms with E-state index in [1.807, 2.05) is 0 Å². The summed E-state index contributed by atoms with van der Waals surface area (Å²) in [5.74, 6) is 0. The van der Waals surface area contributed by atoms with Crippen molar-refractivity contribution in [1.82, 2.24) is 0 Å². The molecule has 3 heteroatoms. The number of hydrogen-bond acceptors (Lipinski definition) is 0. The zero-order valence-corrected chi connectivity index (χ0v) is 7.36. The van der Waals surface area contributed by atoms with Crippen molar-refractivity contribution in [2.45, 2.75) is 5.08 Å². The van der Waals surface area contributed by atoms with Gasteiger partial charge in [0, 0.05) is 5.02 Å². The summed E-state index contributed by atoms with van der Waals surface area (Å²) in [6, 6.07) is 6.60. The second kappa shape index (κ2) is 3.35. The van der Waals surface area contributed by atoms with Gasteiger partial charge in [-0.15, -0.1) is 0 Å². The van der Waals surface area contributed by atoms with E-state index in [0.717, 1.165) is 0 Å². The highest BCUT2D eigenvalue weighted by Crippen LogP contribution is 2.24. The molecule has 0 fully saturated rings. The van der Waals surface area contributed by atoms with Gasteiger partial charge in [-0.2, -0.15) is 0 Å². The first kappa shape index (κ1) is 8.02. The summed E-state index contributed by atoms with van der Waals surface area (Å²) in [5.41, 5.74) is 0.587. The zero-order valence-electron chi connectivity index (χ0n) is 5.02. The lowest BCUT2D eigenvalue weighted by atomic mass is 10.2. The second-order valence-corrected chi connectivity index (χ2v) is 3.09. The van der Waals surface area contributed by atoms with E-state index in [-0.39, 0.29) is 0 Å². The molecule has 1 aromatic carbocycles. The minimum atomic E-state index is -1.09. The first-order valence-electron chi connectivity index (χ1n) is 2.74. The maximum Gasteiger partial charge on any atom is 0.180 e. The van der Waals surface area contributed by atoms with Crippen LogP contribution in [0.2, 0.25) is 5.02 Å². The molecule has 1 rings (SSSR count). The van der Waals surface area contributed by atoms with Crippen LogP contribution >= 0.6 is 27.5 Å². The molecule has 0 N–H and O–H groups in total. The third-order valence-electron chi connectivity index (χ3n) is 1.12. The van der Waals surface area contributed by atoms with Crippen molar-refractivity contribution >= 4 is 27.5 Å². The predicted molar refractivity (Wildman–Crippen MR) is 44.2 cm³/mol. The van der Waals surface area contributed by atoms with E-state index in [9.17, 15) is 4.39 Å². The number of rotatable bonds is 1. The molecular weight excluding hydrogens is 218 g/mol. The largest absolute Gasteiger partial charge is 0.230 e. The van der Waals surface area contributed by atoms with E-state index in [1.165, 1.54) is 0 Å². The van der Waals surface area contributed by atoms with Gasteiger partial charge in [0.1, 0.15) is 0 Å². The fourth-order valence-electron chi connectivity index (χ4n) is 0.608. The van der Waals surface area contributed by atoms with E-state index in [4.69, 9.17) is 11.6 Å². The Bertz CT molecular complexity index is 207. The maximum absolute atomic E-state index is 12.4. The molecule has 0 saturated carbocycles. The Morgan fingerprint density at radius 1 is 1.30 bits per heavy atom. The molecular formula is C7H5BrClF. The molecule has 0 amide bonds. The molecule has 0 spiro atoms. The predicted octanol–water partition coefficient (Wildman–Crippen LogP) is 3.70. The SMILES string of the molecule is FC(Br)c1ccc(Cl)cc1. The maximum atomic E-state index is 12.4. The number of halogens is 3. The van der Waals surface area contributed by atoms with Gasteiger partial charge in [-0.05, 0) is 33.6 Å². The summed E-state index contributed by atoms with van der Waals surface area (Å²) in [7, 11) is 0. The van der Waals surface area contributed by atoms with E-state index in [1.54, 1.807) is 24.3 Å². The molecule has 54 valence electrons. The lowest BCUT2D eigenvalue weighted by Crippen LogP contribution is -1.78. The second-order valence-electron chi connectivity index (χ2n) is 1.85. The van der Waals surface area contributed by atoms with E-state index in [2.05, 4.69) is 15.9 Å². The van der Waals surface area contributed by atoms with Crippen LogP contribution < -0.4 is 0 Å². The van der Waals surface area contributed by atoms with Crippen molar-refractivity contribution in [3.8, 4) is 0 Å². The minimum Gasteiger partial charge on any atom is -0.230 e. The van der Waals surface area contributed by atoms with Gasteiger partial charge in [-0.1, -0.05) is 23.7 Å². The molecule has 0 bridgehead atoms. The van der Waals surface area contributed by atoms with Crippen molar-refractivity contribution in [3.05, 3.63) is 34.9 Å². The highest BCUT2D eigenvalue weighted by atomic mass is 79.9. The van der Waals surface area contributed by atoms with E-state index >= 15 is 0 Å².